The highest BCUT2D eigenvalue weighted by Crippen LogP contribution is 2.28. The number of carbonyl (C=O) groups excluding carboxylic acids is 1. The molecule has 3 N–H and O–H groups in total. The summed E-state index contributed by atoms with van der Waals surface area (Å²) in [4.78, 5) is 12.4. The molecular weight excluding hydrogens is 252 g/mol. The summed E-state index contributed by atoms with van der Waals surface area (Å²) in [6, 6.07) is 5.84. The second kappa shape index (κ2) is 6.75. The lowest BCUT2D eigenvalue weighted by atomic mass is 9.86. The van der Waals surface area contributed by atoms with E-state index in [0.29, 0.717) is 13.0 Å². The minimum Gasteiger partial charge on any atom is -0.496 e. The third-order valence-corrected chi connectivity index (χ3v) is 3.98. The minimum absolute atomic E-state index is 0.0152. The minimum atomic E-state index is -0.522. The van der Waals surface area contributed by atoms with Crippen LogP contribution in [-0.4, -0.2) is 19.6 Å². The summed E-state index contributed by atoms with van der Waals surface area (Å²) in [5, 5.41) is 3.04. The number of hydrogen-bond acceptors (Lipinski definition) is 3. The highest BCUT2D eigenvalue weighted by molar-refractivity contribution is 5.82. The molecule has 0 heterocycles. The average molecular weight is 278 g/mol. The molecule has 0 aromatic heterocycles. The summed E-state index contributed by atoms with van der Waals surface area (Å²) in [7, 11) is 1.64. The summed E-state index contributed by atoms with van der Waals surface area (Å²) in [6.45, 7) is 8.19. The number of amides is 1. The Bertz CT molecular complexity index is 468. The summed E-state index contributed by atoms with van der Waals surface area (Å²) >= 11 is 0. The molecule has 20 heavy (non-hydrogen) atoms. The zero-order chi connectivity index (χ0) is 15.3. The van der Waals surface area contributed by atoms with Crippen LogP contribution in [0.15, 0.2) is 18.2 Å². The first-order valence-corrected chi connectivity index (χ1v) is 7.03. The first kappa shape index (κ1) is 16.5. The molecule has 1 amide bonds. The van der Waals surface area contributed by atoms with Crippen LogP contribution < -0.4 is 15.8 Å². The number of aryl methyl sites for hydroxylation is 1. The Morgan fingerprint density at radius 3 is 2.65 bits per heavy atom. The van der Waals surface area contributed by atoms with Gasteiger partial charge in [0.15, 0.2) is 0 Å². The normalized spacial score (nSPS) is 15.3. The van der Waals surface area contributed by atoms with Crippen molar-refractivity contribution in [1.82, 2.24) is 5.32 Å². The van der Waals surface area contributed by atoms with E-state index in [1.807, 2.05) is 45.9 Å². The summed E-state index contributed by atoms with van der Waals surface area (Å²) in [6.07, 6.45) is 0.715. The maximum absolute atomic E-state index is 12.4. The van der Waals surface area contributed by atoms with Gasteiger partial charge in [0.05, 0.1) is 18.6 Å². The van der Waals surface area contributed by atoms with Gasteiger partial charge in [-0.05, 0) is 33.3 Å². The quantitative estimate of drug-likeness (QED) is 0.840. The van der Waals surface area contributed by atoms with Gasteiger partial charge in [-0.2, -0.15) is 0 Å². The number of hydrogen-bond donors (Lipinski definition) is 2. The predicted molar refractivity (Wildman–Crippen MR) is 81.7 cm³/mol. The van der Waals surface area contributed by atoms with Crippen LogP contribution >= 0.6 is 0 Å². The smallest absolute Gasteiger partial charge is 0.227 e. The second-order valence-electron chi connectivity index (χ2n) is 5.56. The Morgan fingerprint density at radius 2 is 2.15 bits per heavy atom. The van der Waals surface area contributed by atoms with Crippen LogP contribution in [0.25, 0.3) is 0 Å². The Hall–Kier alpha value is -1.55. The van der Waals surface area contributed by atoms with Crippen molar-refractivity contribution in [2.75, 3.05) is 13.7 Å². The van der Waals surface area contributed by atoms with E-state index in [1.165, 1.54) is 0 Å². The number of ether oxygens (including phenoxy) is 1. The molecule has 4 nitrogen and oxygen atoms in total. The van der Waals surface area contributed by atoms with E-state index in [4.69, 9.17) is 10.5 Å². The number of nitrogens with two attached hydrogens (primary N) is 1. The highest BCUT2D eigenvalue weighted by Gasteiger charge is 2.31. The fourth-order valence-corrected chi connectivity index (χ4v) is 2.04. The Balaban J connectivity index is 2.94. The van der Waals surface area contributed by atoms with Crippen molar-refractivity contribution in [3.63, 3.8) is 0 Å². The molecule has 0 fully saturated rings. The van der Waals surface area contributed by atoms with Crippen LogP contribution in [0.2, 0.25) is 0 Å². The molecule has 0 aliphatic carbocycles. The van der Waals surface area contributed by atoms with Gasteiger partial charge in [-0.25, -0.2) is 0 Å². The zero-order valence-electron chi connectivity index (χ0n) is 13.1. The monoisotopic (exact) mass is 278 g/mol. The van der Waals surface area contributed by atoms with Crippen LogP contribution in [-0.2, 0) is 4.79 Å². The van der Waals surface area contributed by atoms with Gasteiger partial charge in [0, 0.05) is 12.1 Å². The van der Waals surface area contributed by atoms with Crippen LogP contribution in [0.5, 0.6) is 5.75 Å². The van der Waals surface area contributed by atoms with Crippen molar-refractivity contribution in [3.8, 4) is 5.75 Å². The second-order valence-corrected chi connectivity index (χ2v) is 5.56. The van der Waals surface area contributed by atoms with Gasteiger partial charge in [-0.15, -0.1) is 0 Å². The van der Waals surface area contributed by atoms with Gasteiger partial charge in [0.1, 0.15) is 5.75 Å². The number of benzene rings is 1. The van der Waals surface area contributed by atoms with E-state index >= 15 is 0 Å². The SMILES string of the molecule is CCC(C)(CN)C(=O)NC(C)c1cc(C)ccc1OC. The van der Waals surface area contributed by atoms with Gasteiger partial charge in [-0.3, -0.25) is 4.79 Å². The molecule has 0 radical (unpaired) electrons. The fraction of sp³-hybridized carbons (Fsp3) is 0.562. The van der Waals surface area contributed by atoms with E-state index in [9.17, 15) is 4.79 Å². The van der Waals surface area contributed by atoms with Gasteiger partial charge < -0.3 is 15.8 Å². The fourth-order valence-electron chi connectivity index (χ4n) is 2.04. The molecule has 1 aromatic carbocycles. The number of rotatable bonds is 6. The van der Waals surface area contributed by atoms with Crippen LogP contribution in [0.1, 0.15) is 44.4 Å². The highest BCUT2D eigenvalue weighted by atomic mass is 16.5. The van der Waals surface area contributed by atoms with Crippen LogP contribution in [0, 0.1) is 12.3 Å². The standard InChI is InChI=1S/C16H26N2O2/c1-6-16(4,10-17)15(19)18-12(3)13-9-11(2)7-8-14(13)20-5/h7-9,12H,6,10,17H2,1-5H3,(H,18,19). The molecule has 0 saturated heterocycles. The summed E-state index contributed by atoms with van der Waals surface area (Å²) < 4.78 is 5.37. The van der Waals surface area contributed by atoms with Crippen molar-refractivity contribution in [2.24, 2.45) is 11.1 Å². The van der Waals surface area contributed by atoms with Crippen molar-refractivity contribution >= 4 is 5.91 Å². The van der Waals surface area contributed by atoms with E-state index in [1.54, 1.807) is 7.11 Å². The molecular formula is C16H26N2O2. The van der Waals surface area contributed by atoms with E-state index in [2.05, 4.69) is 5.32 Å². The number of nitrogens with one attached hydrogen (secondary N) is 1. The molecule has 1 aromatic rings. The van der Waals surface area contributed by atoms with Crippen molar-refractivity contribution < 1.29 is 9.53 Å². The maximum atomic E-state index is 12.4. The summed E-state index contributed by atoms with van der Waals surface area (Å²) in [5.74, 6) is 0.771. The molecule has 1 rings (SSSR count). The molecule has 0 aliphatic heterocycles. The lowest BCUT2D eigenvalue weighted by molar-refractivity contribution is -0.130. The maximum Gasteiger partial charge on any atom is 0.227 e. The lowest BCUT2D eigenvalue weighted by Crippen LogP contribution is -2.44. The largest absolute Gasteiger partial charge is 0.496 e. The molecule has 0 spiro atoms. The molecule has 2 atom stereocenters. The van der Waals surface area contributed by atoms with Crippen LogP contribution in [0.4, 0.5) is 0 Å². The Morgan fingerprint density at radius 1 is 1.50 bits per heavy atom. The number of methoxy groups -OCH3 is 1. The van der Waals surface area contributed by atoms with E-state index in [-0.39, 0.29) is 11.9 Å². The topological polar surface area (TPSA) is 64.4 Å². The molecule has 4 heteroatoms. The Kier molecular flexibility index (Phi) is 5.57. The predicted octanol–water partition coefficient (Wildman–Crippen LogP) is 2.56. The molecule has 112 valence electrons. The summed E-state index contributed by atoms with van der Waals surface area (Å²) in [5.41, 5.74) is 7.33. The Labute approximate surface area is 121 Å². The third kappa shape index (κ3) is 3.51. The van der Waals surface area contributed by atoms with Gasteiger partial charge in [-0.1, -0.05) is 24.6 Å². The van der Waals surface area contributed by atoms with Gasteiger partial charge >= 0.3 is 0 Å². The molecule has 0 aliphatic rings. The van der Waals surface area contributed by atoms with Gasteiger partial charge in [0.25, 0.3) is 0 Å². The lowest BCUT2D eigenvalue weighted by Gasteiger charge is -2.28. The van der Waals surface area contributed by atoms with Gasteiger partial charge in [0.2, 0.25) is 5.91 Å². The van der Waals surface area contributed by atoms with Crippen molar-refractivity contribution in [3.05, 3.63) is 29.3 Å². The average Bonchev–Trinajstić information content (AvgIpc) is 2.46. The van der Waals surface area contributed by atoms with Crippen LogP contribution in [0.3, 0.4) is 0 Å². The number of carbonyl (C=O) groups is 1. The third-order valence-electron chi connectivity index (χ3n) is 3.98. The zero-order valence-corrected chi connectivity index (χ0v) is 13.1. The molecule has 0 saturated carbocycles. The van der Waals surface area contributed by atoms with E-state index in [0.717, 1.165) is 16.9 Å². The van der Waals surface area contributed by atoms with Crippen molar-refractivity contribution in [2.45, 2.75) is 40.2 Å². The van der Waals surface area contributed by atoms with E-state index < -0.39 is 5.41 Å². The molecule has 0 bridgehead atoms. The van der Waals surface area contributed by atoms with Crippen molar-refractivity contribution in [1.29, 1.82) is 0 Å². The first-order chi connectivity index (χ1) is 9.37. The molecule has 2 unspecified atom stereocenters. The first-order valence-electron chi connectivity index (χ1n) is 7.03.